The molecule has 1 aromatic carbocycles. The molecular weight excluding hydrogens is 907 g/mol. The fourth-order valence-electron chi connectivity index (χ4n) is 2.90. The van der Waals surface area contributed by atoms with Crippen molar-refractivity contribution in [3.63, 3.8) is 0 Å². The van der Waals surface area contributed by atoms with Crippen LogP contribution in [0.2, 0.25) is 5.32 Å². The largest absolute Gasteiger partial charge is 0.506 e. The Morgan fingerprint density at radius 3 is 1.44 bits per heavy atom. The molecule has 294 valence electrons. The molecule has 0 saturated carbocycles. The third-order valence-electron chi connectivity index (χ3n) is 5.94. The number of aliphatic hydroxyl groups excluding tert-OH is 1. The molecule has 0 spiro atoms. The van der Waals surface area contributed by atoms with E-state index in [9.17, 15) is 10.2 Å². The van der Waals surface area contributed by atoms with Gasteiger partial charge in [0.25, 0.3) is 0 Å². The molecule has 0 aliphatic rings. The van der Waals surface area contributed by atoms with Gasteiger partial charge in [0.15, 0.2) is 0 Å². The summed E-state index contributed by atoms with van der Waals surface area (Å²) in [5, 5.41) is 23.0. The first-order valence-electron chi connectivity index (χ1n) is 18.6. The molecule has 0 amide bonds. The first-order chi connectivity index (χ1) is 23.0. The van der Waals surface area contributed by atoms with Gasteiger partial charge in [-0.3, -0.25) is 0 Å². The maximum atomic E-state index is 9.41. The van der Waals surface area contributed by atoms with E-state index in [1.165, 1.54) is 94.5 Å². The van der Waals surface area contributed by atoms with Crippen molar-refractivity contribution in [3.05, 3.63) is 38.0 Å². The summed E-state index contributed by atoms with van der Waals surface area (Å²) >= 11 is 10.7. The Morgan fingerprint density at radius 1 is 0.729 bits per heavy atom. The van der Waals surface area contributed by atoms with Crippen LogP contribution in [0.25, 0.3) is 0 Å². The summed E-state index contributed by atoms with van der Waals surface area (Å²) in [6.07, 6.45) is 19.1. The number of aromatic hydroxyl groups is 1. The Balaban J connectivity index is -0.0000000857. The molecule has 9 heteroatoms. The van der Waals surface area contributed by atoms with Crippen molar-refractivity contribution in [2.24, 2.45) is 11.5 Å². The third kappa shape index (κ3) is 72.6. The van der Waals surface area contributed by atoms with E-state index in [4.69, 9.17) is 11.5 Å². The molecular formula is C39H85I2N3O2SSe. The Bertz CT molecular complexity index is 614. The Labute approximate surface area is 343 Å². The normalized spacial score (nSPS) is 9.58. The predicted octanol–water partition coefficient (Wildman–Crippen LogP) is 11.6. The van der Waals surface area contributed by atoms with Gasteiger partial charge < -0.3 is 27.0 Å². The number of phenols is 1. The first kappa shape index (κ1) is 63.9. The molecule has 0 heterocycles. The molecule has 0 saturated heterocycles. The van der Waals surface area contributed by atoms with Crippen LogP contribution >= 0.6 is 57.8 Å². The van der Waals surface area contributed by atoms with Crippen LogP contribution in [0.5, 0.6) is 5.75 Å². The quantitative estimate of drug-likeness (QED) is 0.0307. The van der Waals surface area contributed by atoms with E-state index in [1.54, 1.807) is 0 Å². The number of hydrogen-bond acceptors (Lipinski definition) is 6. The molecule has 0 fully saturated rings. The Hall–Kier alpha value is 0.929. The molecule has 1 atom stereocenters. The number of benzene rings is 1. The van der Waals surface area contributed by atoms with E-state index in [0.29, 0.717) is 12.3 Å². The topological polar surface area (TPSA) is 105 Å². The van der Waals surface area contributed by atoms with Gasteiger partial charge in [-0.05, 0) is 134 Å². The fraction of sp³-hybridized carbons (Fsp3) is 0.795. The minimum Gasteiger partial charge on any atom is -0.506 e. The zero-order chi connectivity index (χ0) is 38.9. The fourth-order valence-corrected chi connectivity index (χ4v) is 4.80. The van der Waals surface area contributed by atoms with E-state index in [0.717, 1.165) is 45.1 Å². The molecule has 0 bridgehead atoms. The van der Waals surface area contributed by atoms with Crippen LogP contribution in [0.15, 0.2) is 25.3 Å². The number of phenolic OH excluding ortho intramolecular Hbond substituents is 1. The van der Waals surface area contributed by atoms with E-state index in [1.807, 2.05) is 19.2 Å². The molecule has 0 aliphatic heterocycles. The molecule has 0 radical (unpaired) electrons. The predicted molar refractivity (Wildman–Crippen MR) is 247 cm³/mol. The molecule has 5 nitrogen and oxygen atoms in total. The third-order valence-corrected chi connectivity index (χ3v) is 8.03. The second-order valence-electron chi connectivity index (χ2n) is 10.7. The van der Waals surface area contributed by atoms with Crippen LogP contribution in [0.1, 0.15) is 157 Å². The van der Waals surface area contributed by atoms with Crippen LogP contribution in [0.3, 0.4) is 0 Å². The van der Waals surface area contributed by atoms with Crippen LogP contribution < -0.4 is 16.8 Å². The molecule has 48 heavy (non-hydrogen) atoms. The van der Waals surface area contributed by atoms with Gasteiger partial charge in [0.05, 0.1) is 13.2 Å². The van der Waals surface area contributed by atoms with Gasteiger partial charge >= 0.3 is 28.3 Å². The zero-order valence-electron chi connectivity index (χ0n) is 33.2. The Kier molecular flexibility index (Phi) is 88.2. The number of aliphatic hydroxyl groups is 1. The summed E-state index contributed by atoms with van der Waals surface area (Å²) in [5.41, 5.74) is 11.7. The number of hydrogen-bond donors (Lipinski definition) is 6. The van der Waals surface area contributed by atoms with Crippen molar-refractivity contribution >= 4 is 73.8 Å². The van der Waals surface area contributed by atoms with Crippen molar-refractivity contribution in [3.8, 4) is 5.75 Å². The summed E-state index contributed by atoms with van der Waals surface area (Å²) in [5.74, 6) is 1.42. The summed E-state index contributed by atoms with van der Waals surface area (Å²) in [7, 11) is 2.00. The minimum atomic E-state index is -0.156. The molecule has 1 rings (SSSR count). The zero-order valence-corrected chi connectivity index (χ0v) is 40.3. The molecule has 0 unspecified atom stereocenters. The second-order valence-corrected chi connectivity index (χ2v) is 14.8. The number of aryl methyl sites for hydroxylation is 1. The number of nitrogens with one attached hydrogen (secondary N) is 1. The molecule has 7 N–H and O–H groups in total. The number of halogens is 2. The van der Waals surface area contributed by atoms with E-state index in [2.05, 4.69) is 148 Å². The van der Waals surface area contributed by atoms with Gasteiger partial charge in [0.2, 0.25) is 0 Å². The summed E-state index contributed by atoms with van der Waals surface area (Å²) < 4.78 is 1.87. The summed E-state index contributed by atoms with van der Waals surface area (Å²) in [6, 6.07) is 4.02. The van der Waals surface area contributed by atoms with Crippen molar-refractivity contribution in [2.75, 3.05) is 32.4 Å². The standard InChI is InChI=1S/C10H23NO.C8H8I2O.C6H15N.C4H11N.C4H10.C3H8S.C2H6Se.C2H4/c1-2-3-4-5-6-7-10(12)8-9-11;1-2-5-3-6(9)8(11)7(10)4-5;1-3-4-5-6-7-2;1-2-3-4-5;1-3-4-2;1-2-3-4;1-2-3;1-2/h10,12H,2-9,11H2,1H3;3-4,11H,2H2,1H3;7H,3-6H2,1-2H3;2-5H2,1H3;3-4H2,1-2H3;4H,2-3H2,1H3;3H,2H2,1H3;1-2H2/t10-;;;;;;;/m1......./s1. The minimum absolute atomic E-state index is 0.156. The SMILES string of the molecule is C=C.CCCC.CCCCCCC[C@@H](O)CCN.CCCCCNC.CCCCN.CCCS.CC[SeH].CCc1cc(I)c(O)c(I)c1. The number of thiol groups is 1. The summed E-state index contributed by atoms with van der Waals surface area (Å²) in [4.78, 5) is 0. The van der Waals surface area contributed by atoms with E-state index >= 15 is 0 Å². The van der Waals surface area contributed by atoms with Crippen LogP contribution in [0.4, 0.5) is 0 Å². The van der Waals surface area contributed by atoms with Crippen LogP contribution in [-0.2, 0) is 6.42 Å². The molecule has 1 aromatic rings. The van der Waals surface area contributed by atoms with Gasteiger partial charge in [-0.2, -0.15) is 12.6 Å². The molecule has 0 aromatic heterocycles. The Morgan fingerprint density at radius 2 is 1.15 bits per heavy atom. The smallest absolute Gasteiger partial charge is 0.142 e. The number of rotatable bonds is 17. The van der Waals surface area contributed by atoms with Gasteiger partial charge in [-0.25, -0.2) is 0 Å². The maximum Gasteiger partial charge on any atom is 0.142 e. The second kappa shape index (κ2) is 66.2. The average molecular weight is 993 g/mol. The monoisotopic (exact) mass is 993 g/mol. The van der Waals surface area contributed by atoms with Crippen molar-refractivity contribution in [2.45, 2.75) is 170 Å². The van der Waals surface area contributed by atoms with Crippen molar-refractivity contribution in [1.29, 1.82) is 0 Å². The maximum absolute atomic E-state index is 9.41. The summed E-state index contributed by atoms with van der Waals surface area (Å²) in [6.45, 7) is 25.9. The number of unbranched alkanes of at least 4 members (excludes halogenated alkanes) is 8. The van der Waals surface area contributed by atoms with E-state index in [-0.39, 0.29) is 6.10 Å². The van der Waals surface area contributed by atoms with E-state index < -0.39 is 0 Å². The molecule has 0 aliphatic carbocycles. The van der Waals surface area contributed by atoms with Crippen molar-refractivity contribution in [1.82, 2.24) is 5.32 Å². The van der Waals surface area contributed by atoms with Crippen molar-refractivity contribution < 1.29 is 10.2 Å². The van der Waals surface area contributed by atoms with Crippen LogP contribution in [-0.4, -0.2) is 64.8 Å². The van der Waals surface area contributed by atoms with Gasteiger partial charge in [-0.1, -0.05) is 113 Å². The van der Waals surface area contributed by atoms with Crippen LogP contribution in [0, 0.1) is 7.14 Å². The van der Waals surface area contributed by atoms with Gasteiger partial charge in [-0.15, -0.1) is 13.2 Å². The van der Waals surface area contributed by atoms with Gasteiger partial charge in [0.1, 0.15) is 5.75 Å². The first-order valence-corrected chi connectivity index (χ1v) is 22.8. The average Bonchev–Trinajstić information content (AvgIpc) is 3.10. The number of nitrogens with two attached hydrogens (primary N) is 2. The van der Waals surface area contributed by atoms with Gasteiger partial charge in [0, 0.05) is 0 Å².